The van der Waals surface area contributed by atoms with E-state index in [-0.39, 0.29) is 5.56 Å². The standard InChI is InChI=1S/C18H22N2O2S2/c1-5-11(2)24-18-19-15-10-12(3)23-16(15)17(21)20(18)13-6-8-14(22-4)9-7-13/h6-9,11-12H,5,10H2,1-4H3/t11-,12+/m1/s1. The number of thioether (sulfide) groups is 2. The highest BCUT2D eigenvalue weighted by Gasteiger charge is 2.27. The zero-order chi connectivity index (χ0) is 17.3. The molecule has 0 radical (unpaired) electrons. The van der Waals surface area contributed by atoms with Crippen molar-refractivity contribution in [1.29, 1.82) is 0 Å². The average molecular weight is 363 g/mol. The molecule has 128 valence electrons. The molecule has 0 amide bonds. The van der Waals surface area contributed by atoms with E-state index in [9.17, 15) is 4.79 Å². The van der Waals surface area contributed by atoms with Crippen LogP contribution >= 0.6 is 23.5 Å². The Labute approximate surface area is 151 Å². The molecule has 0 N–H and O–H groups in total. The lowest BCUT2D eigenvalue weighted by Crippen LogP contribution is -2.24. The van der Waals surface area contributed by atoms with Crippen LogP contribution < -0.4 is 10.3 Å². The first kappa shape index (κ1) is 17.4. The lowest BCUT2D eigenvalue weighted by atomic mass is 10.2. The zero-order valence-electron chi connectivity index (χ0n) is 14.4. The van der Waals surface area contributed by atoms with E-state index in [1.54, 1.807) is 35.2 Å². The summed E-state index contributed by atoms with van der Waals surface area (Å²) >= 11 is 3.31. The first-order valence-electron chi connectivity index (χ1n) is 8.17. The van der Waals surface area contributed by atoms with Crippen LogP contribution in [-0.2, 0) is 6.42 Å². The van der Waals surface area contributed by atoms with Crippen molar-refractivity contribution in [2.75, 3.05) is 7.11 Å². The molecule has 3 rings (SSSR count). The van der Waals surface area contributed by atoms with Gasteiger partial charge < -0.3 is 4.74 Å². The highest BCUT2D eigenvalue weighted by molar-refractivity contribution is 8.00. The van der Waals surface area contributed by atoms with Gasteiger partial charge in [0.05, 0.1) is 23.4 Å². The van der Waals surface area contributed by atoms with E-state index in [1.807, 2.05) is 24.3 Å². The van der Waals surface area contributed by atoms with Gasteiger partial charge in [-0.3, -0.25) is 9.36 Å². The Kier molecular flexibility index (Phi) is 5.25. The second-order valence-electron chi connectivity index (χ2n) is 5.98. The van der Waals surface area contributed by atoms with Crippen molar-refractivity contribution in [1.82, 2.24) is 9.55 Å². The van der Waals surface area contributed by atoms with Crippen LogP contribution in [0.5, 0.6) is 5.75 Å². The monoisotopic (exact) mass is 362 g/mol. The average Bonchev–Trinajstić information content (AvgIpc) is 2.96. The van der Waals surface area contributed by atoms with E-state index in [0.29, 0.717) is 10.5 Å². The third-order valence-corrected chi connectivity index (χ3v) is 6.53. The summed E-state index contributed by atoms with van der Waals surface area (Å²) in [5.41, 5.74) is 1.83. The van der Waals surface area contributed by atoms with Gasteiger partial charge in [-0.25, -0.2) is 4.98 Å². The van der Waals surface area contributed by atoms with E-state index < -0.39 is 0 Å². The molecule has 0 saturated carbocycles. The van der Waals surface area contributed by atoms with Gasteiger partial charge in [0.25, 0.3) is 5.56 Å². The highest BCUT2D eigenvalue weighted by Crippen LogP contribution is 2.35. The SMILES string of the molecule is CC[C@@H](C)Sc1nc2c(c(=O)n1-c1ccc(OC)cc1)S[C@@H](C)C2. The van der Waals surface area contributed by atoms with E-state index in [0.717, 1.165) is 40.0 Å². The zero-order valence-corrected chi connectivity index (χ0v) is 16.0. The summed E-state index contributed by atoms with van der Waals surface area (Å²) in [6.07, 6.45) is 1.90. The van der Waals surface area contributed by atoms with Gasteiger partial charge in [-0.1, -0.05) is 32.5 Å². The second-order valence-corrected chi connectivity index (χ2v) is 8.83. The van der Waals surface area contributed by atoms with Crippen molar-refractivity contribution in [3.05, 3.63) is 40.3 Å². The number of hydrogen-bond donors (Lipinski definition) is 0. The molecule has 24 heavy (non-hydrogen) atoms. The maximum absolute atomic E-state index is 13.1. The van der Waals surface area contributed by atoms with Crippen LogP contribution in [0.2, 0.25) is 0 Å². The number of nitrogens with zero attached hydrogens (tertiary/aromatic N) is 2. The van der Waals surface area contributed by atoms with E-state index >= 15 is 0 Å². The molecule has 0 aliphatic carbocycles. The molecule has 1 aliphatic heterocycles. The number of methoxy groups -OCH3 is 1. The summed E-state index contributed by atoms with van der Waals surface area (Å²) in [5, 5.41) is 1.60. The molecule has 1 aromatic carbocycles. The fourth-order valence-corrected chi connectivity index (χ4v) is 4.69. The van der Waals surface area contributed by atoms with Gasteiger partial charge >= 0.3 is 0 Å². The van der Waals surface area contributed by atoms with E-state index in [1.165, 1.54) is 0 Å². The number of benzene rings is 1. The summed E-state index contributed by atoms with van der Waals surface area (Å²) in [6, 6.07) is 7.58. The summed E-state index contributed by atoms with van der Waals surface area (Å²) in [6.45, 7) is 6.46. The van der Waals surface area contributed by atoms with Crippen LogP contribution in [-0.4, -0.2) is 27.2 Å². The van der Waals surface area contributed by atoms with Crippen LogP contribution in [0.1, 0.15) is 32.9 Å². The smallest absolute Gasteiger partial charge is 0.272 e. The summed E-state index contributed by atoms with van der Waals surface area (Å²) in [7, 11) is 1.64. The number of rotatable bonds is 5. The molecule has 0 fully saturated rings. The number of ether oxygens (including phenoxy) is 1. The fourth-order valence-electron chi connectivity index (χ4n) is 2.60. The minimum atomic E-state index is 0.0466. The molecule has 0 unspecified atom stereocenters. The Hall–Kier alpha value is -1.40. The third kappa shape index (κ3) is 3.35. The number of hydrogen-bond acceptors (Lipinski definition) is 5. The van der Waals surface area contributed by atoms with Gasteiger partial charge in [0.15, 0.2) is 5.16 Å². The van der Waals surface area contributed by atoms with Crippen LogP contribution in [0.3, 0.4) is 0 Å². The maximum atomic E-state index is 13.1. The first-order chi connectivity index (χ1) is 11.5. The molecule has 1 aliphatic rings. The molecule has 1 aromatic heterocycles. The second kappa shape index (κ2) is 7.23. The molecule has 2 aromatic rings. The molecular formula is C18H22N2O2S2. The van der Waals surface area contributed by atoms with Gasteiger partial charge in [0.1, 0.15) is 5.75 Å². The predicted octanol–water partition coefficient (Wildman–Crippen LogP) is 4.17. The van der Waals surface area contributed by atoms with Crippen molar-refractivity contribution >= 4 is 23.5 Å². The minimum absolute atomic E-state index is 0.0466. The Morgan fingerprint density at radius 1 is 1.42 bits per heavy atom. The summed E-state index contributed by atoms with van der Waals surface area (Å²) in [4.78, 5) is 18.8. The van der Waals surface area contributed by atoms with Crippen molar-refractivity contribution in [3.8, 4) is 11.4 Å². The summed E-state index contributed by atoms with van der Waals surface area (Å²) in [5.74, 6) is 0.778. The lowest BCUT2D eigenvalue weighted by molar-refractivity contribution is 0.414. The molecule has 2 heterocycles. The normalized spacial score (nSPS) is 17.6. The van der Waals surface area contributed by atoms with Gasteiger partial charge in [-0.05, 0) is 30.7 Å². The Bertz CT molecular complexity index is 787. The van der Waals surface area contributed by atoms with Crippen LogP contribution in [0, 0.1) is 0 Å². The van der Waals surface area contributed by atoms with E-state index in [4.69, 9.17) is 9.72 Å². The molecule has 0 saturated heterocycles. The van der Waals surface area contributed by atoms with Crippen molar-refractivity contribution < 1.29 is 4.74 Å². The molecule has 4 nitrogen and oxygen atoms in total. The van der Waals surface area contributed by atoms with Gasteiger partial charge in [-0.2, -0.15) is 0 Å². The molecule has 0 spiro atoms. The molecular weight excluding hydrogens is 340 g/mol. The molecule has 0 bridgehead atoms. The number of aromatic nitrogens is 2. The molecule has 6 heteroatoms. The molecule has 2 atom stereocenters. The van der Waals surface area contributed by atoms with Crippen molar-refractivity contribution in [3.63, 3.8) is 0 Å². The third-order valence-electron chi connectivity index (χ3n) is 4.09. The Morgan fingerprint density at radius 3 is 2.75 bits per heavy atom. The highest BCUT2D eigenvalue weighted by atomic mass is 32.2. The predicted molar refractivity (Wildman–Crippen MR) is 101 cm³/mol. The quantitative estimate of drug-likeness (QED) is 0.590. The van der Waals surface area contributed by atoms with Gasteiger partial charge in [-0.15, -0.1) is 11.8 Å². The van der Waals surface area contributed by atoms with Crippen molar-refractivity contribution in [2.24, 2.45) is 0 Å². The first-order valence-corrected chi connectivity index (χ1v) is 9.93. The van der Waals surface area contributed by atoms with Crippen LogP contribution in [0.15, 0.2) is 39.1 Å². The van der Waals surface area contributed by atoms with Crippen LogP contribution in [0.25, 0.3) is 5.69 Å². The minimum Gasteiger partial charge on any atom is -0.497 e. The topological polar surface area (TPSA) is 44.1 Å². The largest absolute Gasteiger partial charge is 0.497 e. The summed E-state index contributed by atoms with van der Waals surface area (Å²) < 4.78 is 6.97. The maximum Gasteiger partial charge on any atom is 0.272 e. The fraction of sp³-hybridized carbons (Fsp3) is 0.444. The van der Waals surface area contributed by atoms with E-state index in [2.05, 4.69) is 20.8 Å². The lowest BCUT2D eigenvalue weighted by Gasteiger charge is -2.16. The number of fused-ring (bicyclic) bond motifs is 1. The Balaban J connectivity index is 2.14. The van der Waals surface area contributed by atoms with Gasteiger partial charge in [0.2, 0.25) is 0 Å². The van der Waals surface area contributed by atoms with Crippen molar-refractivity contribution in [2.45, 2.75) is 54.2 Å². The Morgan fingerprint density at radius 2 is 2.12 bits per heavy atom. The van der Waals surface area contributed by atoms with Gasteiger partial charge in [0, 0.05) is 16.9 Å². The van der Waals surface area contributed by atoms with Crippen LogP contribution in [0.4, 0.5) is 0 Å².